The molecule has 1 aromatic heterocycles. The van der Waals surface area contributed by atoms with Crippen LogP contribution in [0.25, 0.3) is 0 Å². The molecule has 0 radical (unpaired) electrons. The lowest BCUT2D eigenvalue weighted by Crippen LogP contribution is -2.18. The first-order chi connectivity index (χ1) is 11.9. The molecule has 4 N–H and O–H groups in total. The molecule has 1 heterocycles. The largest absolute Gasteiger partial charge is 0.486 e. The molecule has 0 saturated carbocycles. The highest BCUT2D eigenvalue weighted by Crippen LogP contribution is 2.32. The number of rotatable bonds is 5. The van der Waals surface area contributed by atoms with Gasteiger partial charge in [0.25, 0.3) is 0 Å². The van der Waals surface area contributed by atoms with Crippen LogP contribution in [-0.2, 0) is 12.0 Å². The van der Waals surface area contributed by atoms with E-state index in [9.17, 15) is 0 Å². The molecule has 0 spiro atoms. The number of hydrogen-bond donors (Lipinski definition) is 2. The summed E-state index contributed by atoms with van der Waals surface area (Å²) in [5.41, 5.74) is 13.5. The minimum absolute atomic E-state index is 0.0864. The second-order valence-electron chi connectivity index (χ2n) is 6.27. The van der Waals surface area contributed by atoms with Crippen molar-refractivity contribution in [1.29, 1.82) is 0 Å². The Balaban J connectivity index is 1.72. The van der Waals surface area contributed by atoms with Crippen molar-refractivity contribution in [2.24, 2.45) is 0 Å². The predicted molar refractivity (Wildman–Crippen MR) is 98.0 cm³/mol. The monoisotopic (exact) mass is 335 g/mol. The van der Waals surface area contributed by atoms with E-state index in [1.54, 1.807) is 0 Å². The summed E-state index contributed by atoms with van der Waals surface area (Å²) in [7, 11) is 0. The first-order valence-corrected chi connectivity index (χ1v) is 8.00. The summed E-state index contributed by atoms with van der Waals surface area (Å²) < 4.78 is 5.71. The molecule has 0 bridgehead atoms. The topological polar surface area (TPSA) is 99.9 Å². The van der Waals surface area contributed by atoms with E-state index in [1.165, 1.54) is 11.1 Å². The van der Waals surface area contributed by atoms with E-state index in [4.69, 9.17) is 16.2 Å². The fraction of sp³-hybridized carbons (Fsp3) is 0.211. The third-order valence-corrected chi connectivity index (χ3v) is 4.16. The van der Waals surface area contributed by atoms with Crippen LogP contribution in [0.2, 0.25) is 0 Å². The summed E-state index contributed by atoms with van der Waals surface area (Å²) in [5, 5.41) is 0. The summed E-state index contributed by atoms with van der Waals surface area (Å²) in [4.78, 5) is 11.7. The number of nitrogen functional groups attached to an aromatic ring is 2. The molecular formula is C19H21N5O. The number of nitrogens with two attached hydrogens (primary N) is 2. The van der Waals surface area contributed by atoms with Crippen LogP contribution >= 0.6 is 0 Å². The van der Waals surface area contributed by atoms with E-state index in [0.717, 1.165) is 5.75 Å². The van der Waals surface area contributed by atoms with Crippen LogP contribution in [0.15, 0.2) is 54.6 Å². The molecule has 0 aliphatic rings. The van der Waals surface area contributed by atoms with E-state index >= 15 is 0 Å². The summed E-state index contributed by atoms with van der Waals surface area (Å²) in [6, 6.07) is 18.4. The zero-order chi connectivity index (χ0) is 17.9. The zero-order valence-electron chi connectivity index (χ0n) is 14.3. The highest BCUT2D eigenvalue weighted by molar-refractivity contribution is 5.40. The predicted octanol–water partition coefficient (Wildman–Crippen LogP) is 2.94. The molecular weight excluding hydrogens is 314 g/mol. The maximum absolute atomic E-state index is 5.71. The van der Waals surface area contributed by atoms with Crippen molar-refractivity contribution in [3.8, 4) is 5.75 Å². The Bertz CT molecular complexity index is 827. The minimum atomic E-state index is -0.0864. The van der Waals surface area contributed by atoms with E-state index in [-0.39, 0.29) is 23.9 Å². The van der Waals surface area contributed by atoms with Gasteiger partial charge in [0.15, 0.2) is 5.82 Å². The van der Waals surface area contributed by atoms with Gasteiger partial charge >= 0.3 is 0 Å². The average Bonchev–Trinajstić information content (AvgIpc) is 2.60. The molecule has 0 amide bonds. The Morgan fingerprint density at radius 1 is 0.800 bits per heavy atom. The van der Waals surface area contributed by atoms with Crippen molar-refractivity contribution < 1.29 is 4.74 Å². The lowest BCUT2D eigenvalue weighted by Gasteiger charge is -2.26. The fourth-order valence-corrected chi connectivity index (χ4v) is 2.66. The molecule has 0 aliphatic heterocycles. The molecule has 25 heavy (non-hydrogen) atoms. The normalized spacial score (nSPS) is 11.3. The molecule has 3 rings (SSSR count). The van der Waals surface area contributed by atoms with E-state index < -0.39 is 0 Å². The number of nitrogens with zero attached hydrogens (tertiary/aromatic N) is 3. The Morgan fingerprint density at radius 2 is 1.36 bits per heavy atom. The molecule has 6 heteroatoms. The van der Waals surface area contributed by atoms with Gasteiger partial charge < -0.3 is 16.2 Å². The van der Waals surface area contributed by atoms with Crippen LogP contribution in [0, 0.1) is 0 Å². The third kappa shape index (κ3) is 3.85. The van der Waals surface area contributed by atoms with E-state index in [0.29, 0.717) is 5.82 Å². The Labute approximate surface area is 146 Å². The maximum atomic E-state index is 5.71. The Hall–Kier alpha value is -3.15. The van der Waals surface area contributed by atoms with Gasteiger partial charge in [-0.15, -0.1) is 0 Å². The molecule has 0 unspecified atom stereocenters. The van der Waals surface area contributed by atoms with Crippen molar-refractivity contribution in [3.63, 3.8) is 0 Å². The van der Waals surface area contributed by atoms with E-state index in [1.807, 2.05) is 18.2 Å². The van der Waals surface area contributed by atoms with Gasteiger partial charge in [0.1, 0.15) is 12.4 Å². The molecule has 2 aromatic carbocycles. The summed E-state index contributed by atoms with van der Waals surface area (Å²) >= 11 is 0. The maximum Gasteiger partial charge on any atom is 0.225 e. The third-order valence-electron chi connectivity index (χ3n) is 4.16. The van der Waals surface area contributed by atoms with Gasteiger partial charge in [0.05, 0.1) is 0 Å². The lowest BCUT2D eigenvalue weighted by atomic mass is 9.78. The highest BCUT2D eigenvalue weighted by Gasteiger charge is 2.22. The second kappa shape index (κ2) is 6.76. The smallest absolute Gasteiger partial charge is 0.225 e. The van der Waals surface area contributed by atoms with Gasteiger partial charge in [-0.05, 0) is 23.3 Å². The average molecular weight is 335 g/mol. The Morgan fingerprint density at radius 3 is 1.96 bits per heavy atom. The number of anilines is 2. The molecule has 0 atom stereocenters. The van der Waals surface area contributed by atoms with Crippen molar-refractivity contribution in [3.05, 3.63) is 71.5 Å². The van der Waals surface area contributed by atoms with Crippen LogP contribution in [0.4, 0.5) is 11.9 Å². The quantitative estimate of drug-likeness (QED) is 0.743. The fourth-order valence-electron chi connectivity index (χ4n) is 2.66. The number of aromatic nitrogens is 3. The van der Waals surface area contributed by atoms with Crippen molar-refractivity contribution in [2.75, 3.05) is 11.5 Å². The van der Waals surface area contributed by atoms with Crippen molar-refractivity contribution >= 4 is 11.9 Å². The SMILES string of the molecule is CC(C)(c1ccccc1)c1ccc(OCc2nc(N)nc(N)n2)cc1. The standard InChI is InChI=1S/C19H21N5O/c1-19(2,13-6-4-3-5-7-13)14-8-10-15(11-9-14)25-12-16-22-17(20)24-18(21)23-16/h3-11H,12H2,1-2H3,(H4,20,21,22,23,24). The molecule has 6 nitrogen and oxygen atoms in total. The van der Waals surface area contributed by atoms with Crippen LogP contribution < -0.4 is 16.2 Å². The van der Waals surface area contributed by atoms with Gasteiger partial charge in [-0.2, -0.15) is 15.0 Å². The van der Waals surface area contributed by atoms with Crippen LogP contribution in [0.3, 0.4) is 0 Å². The van der Waals surface area contributed by atoms with Crippen LogP contribution in [0.1, 0.15) is 30.8 Å². The van der Waals surface area contributed by atoms with Crippen LogP contribution in [0.5, 0.6) is 5.75 Å². The number of ether oxygens (including phenoxy) is 1. The van der Waals surface area contributed by atoms with Gasteiger partial charge in [-0.25, -0.2) is 0 Å². The van der Waals surface area contributed by atoms with Gasteiger partial charge in [-0.3, -0.25) is 0 Å². The van der Waals surface area contributed by atoms with Crippen molar-refractivity contribution in [1.82, 2.24) is 15.0 Å². The lowest BCUT2D eigenvalue weighted by molar-refractivity contribution is 0.295. The Kier molecular flexibility index (Phi) is 4.52. The zero-order valence-corrected chi connectivity index (χ0v) is 14.3. The molecule has 0 saturated heterocycles. The highest BCUT2D eigenvalue weighted by atomic mass is 16.5. The summed E-state index contributed by atoms with van der Waals surface area (Å²) in [6.07, 6.45) is 0. The van der Waals surface area contributed by atoms with Crippen molar-refractivity contribution in [2.45, 2.75) is 25.9 Å². The minimum Gasteiger partial charge on any atom is -0.486 e. The first-order valence-electron chi connectivity index (χ1n) is 8.00. The summed E-state index contributed by atoms with van der Waals surface area (Å²) in [6.45, 7) is 4.58. The van der Waals surface area contributed by atoms with Gasteiger partial charge in [0, 0.05) is 5.41 Å². The molecule has 3 aromatic rings. The molecule has 128 valence electrons. The second-order valence-corrected chi connectivity index (χ2v) is 6.27. The molecule has 0 fully saturated rings. The molecule has 0 aliphatic carbocycles. The number of benzene rings is 2. The van der Waals surface area contributed by atoms with E-state index in [2.05, 4.69) is 65.2 Å². The first kappa shape index (κ1) is 16.7. The summed E-state index contributed by atoms with van der Waals surface area (Å²) in [5.74, 6) is 1.31. The van der Waals surface area contributed by atoms with Gasteiger partial charge in [0.2, 0.25) is 11.9 Å². The van der Waals surface area contributed by atoms with Gasteiger partial charge in [-0.1, -0.05) is 56.3 Å². The number of hydrogen-bond acceptors (Lipinski definition) is 6. The van der Waals surface area contributed by atoms with Crippen LogP contribution in [-0.4, -0.2) is 15.0 Å².